The van der Waals surface area contributed by atoms with Crippen LogP contribution < -0.4 is 0 Å². The van der Waals surface area contributed by atoms with Crippen molar-refractivity contribution in [2.45, 2.75) is 32.2 Å². The van der Waals surface area contributed by atoms with Gasteiger partial charge in [0.2, 0.25) is 0 Å². The summed E-state index contributed by atoms with van der Waals surface area (Å²) in [6.45, 7) is 2.05. The number of esters is 1. The van der Waals surface area contributed by atoms with Gasteiger partial charge in [0.05, 0.1) is 18.9 Å². The first-order valence-corrected chi connectivity index (χ1v) is 5.30. The van der Waals surface area contributed by atoms with Crippen molar-refractivity contribution in [1.82, 2.24) is 9.78 Å². The molecule has 1 aromatic rings. The van der Waals surface area contributed by atoms with Crippen LogP contribution in [0.4, 0.5) is 0 Å². The molecule has 1 heterocycles. The Morgan fingerprint density at radius 3 is 2.94 bits per heavy atom. The largest absolute Gasteiger partial charge is 0.467 e. The summed E-state index contributed by atoms with van der Waals surface area (Å²) < 4.78 is 6.21. The molecular formula is C11H16N2O3. The molecule has 0 saturated heterocycles. The molecular weight excluding hydrogens is 208 g/mol. The zero-order valence-electron chi connectivity index (χ0n) is 9.55. The monoisotopic (exact) mass is 224 g/mol. The molecule has 5 heteroatoms. The maximum atomic E-state index is 11.5. The Labute approximate surface area is 94.4 Å². The molecule has 0 amide bonds. The minimum atomic E-state index is -0.432. The van der Waals surface area contributed by atoms with Crippen LogP contribution in [-0.4, -0.2) is 29.1 Å². The van der Waals surface area contributed by atoms with Gasteiger partial charge in [-0.25, -0.2) is 4.79 Å². The number of carbonyl (C=O) groups is 2. The molecule has 0 aliphatic carbocycles. The maximum absolute atomic E-state index is 11.5. The van der Waals surface area contributed by atoms with E-state index in [-0.39, 0.29) is 5.97 Å². The first-order valence-electron chi connectivity index (χ1n) is 5.30. The summed E-state index contributed by atoms with van der Waals surface area (Å²) in [6, 6.07) is -0.432. The normalized spacial score (nSPS) is 12.1. The Morgan fingerprint density at radius 1 is 1.69 bits per heavy atom. The van der Waals surface area contributed by atoms with Crippen LogP contribution in [-0.2, 0) is 9.53 Å². The fourth-order valence-electron chi connectivity index (χ4n) is 1.48. The molecule has 5 nitrogen and oxygen atoms in total. The average molecular weight is 224 g/mol. The van der Waals surface area contributed by atoms with Crippen LogP contribution in [0.2, 0.25) is 0 Å². The van der Waals surface area contributed by atoms with Gasteiger partial charge in [0.15, 0.2) is 6.29 Å². The Morgan fingerprint density at radius 2 is 2.44 bits per heavy atom. The van der Waals surface area contributed by atoms with E-state index < -0.39 is 6.04 Å². The van der Waals surface area contributed by atoms with E-state index >= 15 is 0 Å². The van der Waals surface area contributed by atoms with E-state index in [1.54, 1.807) is 6.20 Å². The molecule has 0 radical (unpaired) electrons. The molecule has 0 spiro atoms. The molecule has 0 aromatic carbocycles. The first kappa shape index (κ1) is 12.4. The third kappa shape index (κ3) is 2.92. The summed E-state index contributed by atoms with van der Waals surface area (Å²) in [5, 5.41) is 3.99. The van der Waals surface area contributed by atoms with E-state index in [1.807, 2.05) is 6.92 Å². The first-order chi connectivity index (χ1) is 7.72. The van der Waals surface area contributed by atoms with Crippen molar-refractivity contribution >= 4 is 12.3 Å². The van der Waals surface area contributed by atoms with Crippen molar-refractivity contribution in [3.63, 3.8) is 0 Å². The van der Waals surface area contributed by atoms with Gasteiger partial charge in [-0.3, -0.25) is 9.48 Å². The highest BCUT2D eigenvalue weighted by Gasteiger charge is 2.21. The van der Waals surface area contributed by atoms with Gasteiger partial charge in [0, 0.05) is 6.20 Å². The lowest BCUT2D eigenvalue weighted by molar-refractivity contribution is -0.145. The standard InChI is InChI=1S/C11H16N2O3/c1-3-4-5-10(11(15)16-2)13-7-9(8-14)6-12-13/h6-8,10H,3-5H2,1-2H3. The second-order valence-corrected chi connectivity index (χ2v) is 3.55. The Kier molecular flexibility index (Phi) is 4.69. The third-order valence-corrected chi connectivity index (χ3v) is 2.38. The van der Waals surface area contributed by atoms with Gasteiger partial charge >= 0.3 is 5.97 Å². The fraction of sp³-hybridized carbons (Fsp3) is 0.545. The quantitative estimate of drug-likeness (QED) is 0.544. The predicted octanol–water partition coefficient (Wildman–Crippen LogP) is 1.60. The molecule has 88 valence electrons. The summed E-state index contributed by atoms with van der Waals surface area (Å²) in [4.78, 5) is 22.1. The van der Waals surface area contributed by atoms with Crippen LogP contribution in [0.1, 0.15) is 42.6 Å². The van der Waals surface area contributed by atoms with E-state index in [0.29, 0.717) is 18.3 Å². The smallest absolute Gasteiger partial charge is 0.330 e. The average Bonchev–Trinajstić information content (AvgIpc) is 2.77. The zero-order chi connectivity index (χ0) is 12.0. The summed E-state index contributed by atoms with van der Waals surface area (Å²) in [7, 11) is 1.35. The van der Waals surface area contributed by atoms with Crippen LogP contribution in [0.5, 0.6) is 0 Å². The Balaban J connectivity index is 2.82. The Bertz CT molecular complexity index is 360. The van der Waals surface area contributed by atoms with Gasteiger partial charge in [-0.1, -0.05) is 19.8 Å². The molecule has 1 rings (SSSR count). The molecule has 1 unspecified atom stereocenters. The minimum absolute atomic E-state index is 0.325. The van der Waals surface area contributed by atoms with E-state index in [1.165, 1.54) is 18.0 Å². The number of hydrogen-bond donors (Lipinski definition) is 0. The second-order valence-electron chi connectivity index (χ2n) is 3.55. The zero-order valence-corrected chi connectivity index (χ0v) is 9.55. The Hall–Kier alpha value is -1.65. The van der Waals surface area contributed by atoms with Crippen molar-refractivity contribution in [3.05, 3.63) is 18.0 Å². The van der Waals surface area contributed by atoms with Gasteiger partial charge in [-0.15, -0.1) is 0 Å². The highest BCUT2D eigenvalue weighted by Crippen LogP contribution is 2.16. The van der Waals surface area contributed by atoms with Crippen molar-refractivity contribution in [2.24, 2.45) is 0 Å². The van der Waals surface area contributed by atoms with E-state index in [2.05, 4.69) is 5.10 Å². The van der Waals surface area contributed by atoms with Crippen LogP contribution >= 0.6 is 0 Å². The number of methoxy groups -OCH3 is 1. The number of unbranched alkanes of at least 4 members (excludes halogenated alkanes) is 1. The topological polar surface area (TPSA) is 61.2 Å². The van der Waals surface area contributed by atoms with E-state index in [0.717, 1.165) is 12.8 Å². The van der Waals surface area contributed by atoms with Crippen LogP contribution in [0, 0.1) is 0 Å². The second kappa shape index (κ2) is 6.05. The van der Waals surface area contributed by atoms with Gasteiger partial charge in [-0.05, 0) is 6.42 Å². The van der Waals surface area contributed by atoms with Crippen LogP contribution in [0.3, 0.4) is 0 Å². The van der Waals surface area contributed by atoms with E-state index in [4.69, 9.17) is 4.74 Å². The van der Waals surface area contributed by atoms with Crippen molar-refractivity contribution in [3.8, 4) is 0 Å². The molecule has 16 heavy (non-hydrogen) atoms. The van der Waals surface area contributed by atoms with Gasteiger partial charge < -0.3 is 4.74 Å². The number of aldehydes is 1. The highest BCUT2D eigenvalue weighted by atomic mass is 16.5. The number of nitrogens with zero attached hydrogens (tertiary/aromatic N) is 2. The number of aromatic nitrogens is 2. The number of ether oxygens (including phenoxy) is 1. The fourth-order valence-corrected chi connectivity index (χ4v) is 1.48. The molecule has 0 fully saturated rings. The summed E-state index contributed by atoms with van der Waals surface area (Å²) in [5.74, 6) is -0.325. The summed E-state index contributed by atoms with van der Waals surface area (Å²) >= 11 is 0. The van der Waals surface area contributed by atoms with E-state index in [9.17, 15) is 9.59 Å². The van der Waals surface area contributed by atoms with Crippen molar-refractivity contribution in [2.75, 3.05) is 7.11 Å². The molecule has 0 aliphatic rings. The predicted molar refractivity (Wildman–Crippen MR) is 58.2 cm³/mol. The van der Waals surface area contributed by atoms with Crippen molar-refractivity contribution < 1.29 is 14.3 Å². The highest BCUT2D eigenvalue weighted by molar-refractivity contribution is 5.75. The molecule has 0 saturated carbocycles. The van der Waals surface area contributed by atoms with Crippen molar-refractivity contribution in [1.29, 1.82) is 0 Å². The summed E-state index contributed by atoms with van der Waals surface area (Å²) in [6.07, 6.45) is 6.28. The third-order valence-electron chi connectivity index (χ3n) is 2.38. The SMILES string of the molecule is CCCCC(C(=O)OC)n1cc(C=O)cn1. The maximum Gasteiger partial charge on any atom is 0.330 e. The lowest BCUT2D eigenvalue weighted by Gasteiger charge is -2.14. The molecule has 1 atom stereocenters. The molecule has 0 aliphatic heterocycles. The minimum Gasteiger partial charge on any atom is -0.467 e. The lowest BCUT2D eigenvalue weighted by atomic mass is 10.1. The van der Waals surface area contributed by atoms with Crippen LogP contribution in [0.25, 0.3) is 0 Å². The number of carbonyl (C=O) groups excluding carboxylic acids is 2. The lowest BCUT2D eigenvalue weighted by Crippen LogP contribution is -2.21. The van der Waals surface area contributed by atoms with Gasteiger partial charge in [0.25, 0.3) is 0 Å². The van der Waals surface area contributed by atoms with Crippen LogP contribution in [0.15, 0.2) is 12.4 Å². The molecule has 1 aromatic heterocycles. The number of rotatable bonds is 6. The molecule has 0 N–H and O–H groups in total. The molecule has 0 bridgehead atoms. The number of hydrogen-bond acceptors (Lipinski definition) is 4. The van der Waals surface area contributed by atoms with Gasteiger partial charge in [-0.2, -0.15) is 5.10 Å². The summed E-state index contributed by atoms with van der Waals surface area (Å²) in [5.41, 5.74) is 0.463. The van der Waals surface area contributed by atoms with Gasteiger partial charge in [0.1, 0.15) is 6.04 Å².